The van der Waals surface area contributed by atoms with E-state index in [1.54, 1.807) is 0 Å². The van der Waals surface area contributed by atoms with Gasteiger partial charge in [0.25, 0.3) is 0 Å². The van der Waals surface area contributed by atoms with Gasteiger partial charge >= 0.3 is 0 Å². The summed E-state index contributed by atoms with van der Waals surface area (Å²) in [5.41, 5.74) is 7.80. The van der Waals surface area contributed by atoms with Gasteiger partial charge in [0.15, 0.2) is 0 Å². The van der Waals surface area contributed by atoms with Gasteiger partial charge in [0.05, 0.1) is 0 Å². The zero-order valence-electron chi connectivity index (χ0n) is 8.05. The maximum atomic E-state index is 5.70. The van der Waals surface area contributed by atoms with Gasteiger partial charge in [-0.1, -0.05) is 15.9 Å². The third-order valence-electron chi connectivity index (χ3n) is 1.90. The number of halogens is 1. The number of nitrogens with zero attached hydrogens (tertiary/aromatic N) is 1. The SMILES string of the molecule is CN(C)CCc1cc(N)ccc1Br. The minimum atomic E-state index is 0.831. The van der Waals surface area contributed by atoms with Crippen LogP contribution in [0.5, 0.6) is 0 Å². The van der Waals surface area contributed by atoms with Crippen molar-refractivity contribution in [2.24, 2.45) is 0 Å². The van der Waals surface area contributed by atoms with Gasteiger partial charge < -0.3 is 10.6 Å². The molecule has 2 N–H and O–H groups in total. The number of rotatable bonds is 3. The molecule has 0 unspecified atom stereocenters. The Morgan fingerprint density at radius 3 is 2.69 bits per heavy atom. The van der Waals surface area contributed by atoms with Crippen molar-refractivity contribution in [3.8, 4) is 0 Å². The molecule has 1 rings (SSSR count). The van der Waals surface area contributed by atoms with Crippen molar-refractivity contribution < 1.29 is 0 Å². The number of nitrogens with two attached hydrogens (primary N) is 1. The van der Waals surface area contributed by atoms with Crippen LogP contribution in [0, 0.1) is 0 Å². The summed E-state index contributed by atoms with van der Waals surface area (Å²) in [5.74, 6) is 0. The van der Waals surface area contributed by atoms with Gasteiger partial charge in [0.1, 0.15) is 0 Å². The monoisotopic (exact) mass is 242 g/mol. The van der Waals surface area contributed by atoms with E-state index in [1.165, 1.54) is 5.56 Å². The summed E-state index contributed by atoms with van der Waals surface area (Å²) < 4.78 is 1.14. The highest BCUT2D eigenvalue weighted by molar-refractivity contribution is 9.10. The molecule has 0 bridgehead atoms. The van der Waals surface area contributed by atoms with Gasteiger partial charge in [0, 0.05) is 16.7 Å². The second-order valence-corrected chi connectivity index (χ2v) is 4.26. The highest BCUT2D eigenvalue weighted by Crippen LogP contribution is 2.19. The Balaban J connectivity index is 2.70. The van der Waals surface area contributed by atoms with Crippen LogP contribution in [0.15, 0.2) is 22.7 Å². The molecule has 0 radical (unpaired) electrons. The van der Waals surface area contributed by atoms with Gasteiger partial charge in [-0.3, -0.25) is 0 Å². The highest BCUT2D eigenvalue weighted by atomic mass is 79.9. The summed E-state index contributed by atoms with van der Waals surface area (Å²) in [6.45, 7) is 1.04. The first-order valence-corrected chi connectivity index (χ1v) is 5.07. The molecule has 0 aromatic heterocycles. The molecule has 0 fully saturated rings. The van der Waals surface area contributed by atoms with Gasteiger partial charge in [-0.15, -0.1) is 0 Å². The molecule has 0 aliphatic heterocycles. The predicted octanol–water partition coefficient (Wildman–Crippen LogP) is 2.14. The summed E-state index contributed by atoms with van der Waals surface area (Å²) in [4.78, 5) is 2.16. The number of anilines is 1. The topological polar surface area (TPSA) is 29.3 Å². The van der Waals surface area contributed by atoms with E-state index < -0.39 is 0 Å². The Morgan fingerprint density at radius 1 is 1.38 bits per heavy atom. The minimum absolute atomic E-state index is 0.831. The summed E-state index contributed by atoms with van der Waals surface area (Å²) in [5, 5.41) is 0. The first-order valence-electron chi connectivity index (χ1n) is 4.28. The first-order chi connectivity index (χ1) is 6.09. The first kappa shape index (κ1) is 10.5. The normalized spacial score (nSPS) is 10.8. The molecule has 1 aromatic rings. The summed E-state index contributed by atoms with van der Waals surface area (Å²) in [6, 6.07) is 5.93. The lowest BCUT2D eigenvalue weighted by molar-refractivity contribution is 0.413. The maximum absolute atomic E-state index is 5.70. The fraction of sp³-hybridized carbons (Fsp3) is 0.400. The van der Waals surface area contributed by atoms with E-state index in [2.05, 4.69) is 34.9 Å². The van der Waals surface area contributed by atoms with Gasteiger partial charge in [-0.2, -0.15) is 0 Å². The smallest absolute Gasteiger partial charge is 0.0317 e. The minimum Gasteiger partial charge on any atom is -0.399 e. The Morgan fingerprint density at radius 2 is 2.08 bits per heavy atom. The molecule has 1 aromatic carbocycles. The summed E-state index contributed by atoms with van der Waals surface area (Å²) in [6.07, 6.45) is 1.03. The molecule has 0 spiro atoms. The Kier molecular flexibility index (Phi) is 3.75. The van der Waals surface area contributed by atoms with E-state index in [9.17, 15) is 0 Å². The van der Waals surface area contributed by atoms with E-state index in [1.807, 2.05) is 18.2 Å². The van der Waals surface area contributed by atoms with Crippen LogP contribution in [-0.4, -0.2) is 25.5 Å². The van der Waals surface area contributed by atoms with Crippen molar-refractivity contribution >= 4 is 21.6 Å². The zero-order chi connectivity index (χ0) is 9.84. The number of likely N-dealkylation sites (N-methyl/N-ethyl adjacent to an activating group) is 1. The van der Waals surface area contributed by atoms with Crippen LogP contribution in [0.1, 0.15) is 5.56 Å². The van der Waals surface area contributed by atoms with Crippen LogP contribution >= 0.6 is 15.9 Å². The van der Waals surface area contributed by atoms with E-state index in [4.69, 9.17) is 5.73 Å². The lowest BCUT2D eigenvalue weighted by Gasteiger charge is -2.10. The Bertz CT molecular complexity index is 284. The van der Waals surface area contributed by atoms with E-state index >= 15 is 0 Å². The molecular weight excluding hydrogens is 228 g/mol. The fourth-order valence-electron chi connectivity index (χ4n) is 1.13. The third-order valence-corrected chi connectivity index (χ3v) is 2.67. The lowest BCUT2D eigenvalue weighted by Crippen LogP contribution is -2.15. The predicted molar refractivity (Wildman–Crippen MR) is 60.8 cm³/mol. The van der Waals surface area contributed by atoms with Crippen molar-refractivity contribution in [3.05, 3.63) is 28.2 Å². The number of hydrogen-bond acceptors (Lipinski definition) is 2. The van der Waals surface area contributed by atoms with Gasteiger partial charge in [-0.25, -0.2) is 0 Å². The standard InChI is InChI=1S/C10H15BrN2/c1-13(2)6-5-8-7-9(12)3-4-10(8)11/h3-4,7H,5-6,12H2,1-2H3. The number of benzene rings is 1. The molecule has 13 heavy (non-hydrogen) atoms. The maximum Gasteiger partial charge on any atom is 0.0317 e. The second kappa shape index (κ2) is 4.63. The van der Waals surface area contributed by atoms with Crippen molar-refractivity contribution in [1.29, 1.82) is 0 Å². The van der Waals surface area contributed by atoms with Crippen LogP contribution in [0.25, 0.3) is 0 Å². The molecule has 72 valence electrons. The average molecular weight is 243 g/mol. The average Bonchev–Trinajstić information content (AvgIpc) is 2.06. The molecule has 2 nitrogen and oxygen atoms in total. The molecule has 0 heterocycles. The van der Waals surface area contributed by atoms with Crippen LogP contribution in [0.4, 0.5) is 5.69 Å². The highest BCUT2D eigenvalue weighted by Gasteiger charge is 2.00. The Hall–Kier alpha value is -0.540. The molecular formula is C10H15BrN2. The molecule has 0 aliphatic rings. The van der Waals surface area contributed by atoms with Crippen LogP contribution in [-0.2, 0) is 6.42 Å². The van der Waals surface area contributed by atoms with Crippen molar-refractivity contribution in [2.75, 3.05) is 26.4 Å². The zero-order valence-corrected chi connectivity index (χ0v) is 9.63. The largest absolute Gasteiger partial charge is 0.399 e. The molecule has 0 amide bonds. The summed E-state index contributed by atoms with van der Waals surface area (Å²) in [7, 11) is 4.14. The molecule has 0 aliphatic carbocycles. The fourth-order valence-corrected chi connectivity index (χ4v) is 1.58. The van der Waals surface area contributed by atoms with Crippen molar-refractivity contribution in [1.82, 2.24) is 4.90 Å². The molecule has 0 atom stereocenters. The number of hydrogen-bond donors (Lipinski definition) is 1. The quantitative estimate of drug-likeness (QED) is 0.824. The van der Waals surface area contributed by atoms with Crippen LogP contribution in [0.3, 0.4) is 0 Å². The third kappa shape index (κ3) is 3.36. The van der Waals surface area contributed by atoms with Crippen LogP contribution in [0.2, 0.25) is 0 Å². The van der Waals surface area contributed by atoms with Gasteiger partial charge in [0.2, 0.25) is 0 Å². The molecule has 0 saturated carbocycles. The molecule has 0 saturated heterocycles. The Labute approximate surface area is 87.9 Å². The van der Waals surface area contributed by atoms with Crippen LogP contribution < -0.4 is 5.73 Å². The lowest BCUT2D eigenvalue weighted by atomic mass is 10.1. The van der Waals surface area contributed by atoms with E-state index in [-0.39, 0.29) is 0 Å². The van der Waals surface area contributed by atoms with Gasteiger partial charge in [-0.05, 0) is 44.3 Å². The van der Waals surface area contributed by atoms with Crippen molar-refractivity contribution in [2.45, 2.75) is 6.42 Å². The summed E-state index contributed by atoms with van der Waals surface area (Å²) >= 11 is 3.51. The van der Waals surface area contributed by atoms with Crippen molar-refractivity contribution in [3.63, 3.8) is 0 Å². The number of nitrogen functional groups attached to an aromatic ring is 1. The molecule has 3 heteroatoms. The van der Waals surface area contributed by atoms with E-state index in [0.29, 0.717) is 0 Å². The van der Waals surface area contributed by atoms with E-state index in [0.717, 1.165) is 23.1 Å². The second-order valence-electron chi connectivity index (χ2n) is 3.40.